The Bertz CT molecular complexity index is 873. The molecule has 1 fully saturated rings. The lowest BCUT2D eigenvalue weighted by molar-refractivity contribution is -0.136. The number of benzene rings is 1. The summed E-state index contributed by atoms with van der Waals surface area (Å²) in [5.41, 5.74) is 2.72. The molecule has 142 valence electrons. The molecule has 27 heavy (non-hydrogen) atoms. The fourth-order valence-electron chi connectivity index (χ4n) is 2.79. The molecule has 0 aliphatic heterocycles. The maximum atomic E-state index is 12.4. The number of urea groups is 1. The molecule has 0 saturated heterocycles. The Hall–Kier alpha value is -2.87. The van der Waals surface area contributed by atoms with Gasteiger partial charge in [0, 0.05) is 12.1 Å². The Morgan fingerprint density at radius 2 is 2.04 bits per heavy atom. The lowest BCUT2D eigenvalue weighted by atomic mass is 10.1. The zero-order valence-corrected chi connectivity index (χ0v) is 15.6. The van der Waals surface area contributed by atoms with Gasteiger partial charge >= 0.3 is 18.0 Å². The third kappa shape index (κ3) is 4.85. The van der Waals surface area contributed by atoms with Crippen LogP contribution in [0, 0.1) is 0 Å². The van der Waals surface area contributed by atoms with Crippen LogP contribution < -0.4 is 10.6 Å². The lowest BCUT2D eigenvalue weighted by Gasteiger charge is -2.10. The van der Waals surface area contributed by atoms with Crippen LogP contribution >= 0.6 is 11.3 Å². The van der Waals surface area contributed by atoms with E-state index < -0.39 is 18.0 Å². The Morgan fingerprint density at radius 3 is 2.70 bits per heavy atom. The van der Waals surface area contributed by atoms with E-state index in [2.05, 4.69) is 10.6 Å². The molecule has 2 aromatic rings. The van der Waals surface area contributed by atoms with E-state index in [1.54, 1.807) is 18.2 Å². The minimum Gasteiger partial charge on any atom is -0.481 e. The van der Waals surface area contributed by atoms with Gasteiger partial charge in [-0.05, 0) is 53.8 Å². The molecule has 2 amide bonds. The number of anilines is 2. The van der Waals surface area contributed by atoms with Crippen LogP contribution in [0.1, 0.15) is 46.7 Å². The molecule has 1 heterocycles. The minimum atomic E-state index is -0.870. The second kappa shape index (κ2) is 8.22. The van der Waals surface area contributed by atoms with Gasteiger partial charge in [-0.1, -0.05) is 12.1 Å². The third-order valence-electron chi connectivity index (χ3n) is 4.27. The first kappa shape index (κ1) is 18.9. The van der Waals surface area contributed by atoms with E-state index in [-0.39, 0.29) is 6.42 Å². The van der Waals surface area contributed by atoms with Crippen molar-refractivity contribution in [3.05, 3.63) is 46.3 Å². The summed E-state index contributed by atoms with van der Waals surface area (Å²) in [4.78, 5) is 35.2. The van der Waals surface area contributed by atoms with Crippen LogP contribution in [0.4, 0.5) is 15.5 Å². The summed E-state index contributed by atoms with van der Waals surface area (Å²) in [6.45, 7) is 0. The molecule has 1 aromatic heterocycles. The summed E-state index contributed by atoms with van der Waals surface area (Å²) >= 11 is 1.30. The van der Waals surface area contributed by atoms with E-state index in [9.17, 15) is 14.4 Å². The summed E-state index contributed by atoms with van der Waals surface area (Å²) in [6, 6.07) is 6.54. The van der Waals surface area contributed by atoms with Crippen molar-refractivity contribution in [3.8, 4) is 0 Å². The Labute approximate surface area is 160 Å². The largest absolute Gasteiger partial charge is 0.481 e. The van der Waals surface area contributed by atoms with E-state index in [1.165, 1.54) is 18.4 Å². The second-order valence-electron chi connectivity index (χ2n) is 6.33. The fraction of sp³-hybridized carbons (Fsp3) is 0.316. The number of aliphatic carboxylic acids is 1. The number of methoxy groups -OCH3 is 1. The van der Waals surface area contributed by atoms with E-state index in [0.29, 0.717) is 28.6 Å². The number of carboxylic acid groups (broad SMARTS) is 1. The number of hydrogen-bond donors (Lipinski definition) is 3. The number of carbonyl (C=O) groups is 3. The van der Waals surface area contributed by atoms with Crippen LogP contribution in [0.15, 0.2) is 29.6 Å². The molecule has 7 nitrogen and oxygen atoms in total. The highest BCUT2D eigenvalue weighted by Gasteiger charge is 2.32. The Balaban J connectivity index is 1.69. The summed E-state index contributed by atoms with van der Waals surface area (Å²) < 4.78 is 4.86. The number of aryl methyl sites for hydroxylation is 1. The van der Waals surface area contributed by atoms with Crippen LogP contribution in [0.25, 0.3) is 0 Å². The molecule has 0 unspecified atom stereocenters. The van der Waals surface area contributed by atoms with Crippen molar-refractivity contribution in [3.63, 3.8) is 0 Å². The normalized spacial score (nSPS) is 13.1. The van der Waals surface area contributed by atoms with Crippen LogP contribution in [-0.2, 0) is 16.0 Å². The average molecular weight is 388 g/mol. The maximum absolute atomic E-state index is 12.4. The monoisotopic (exact) mass is 388 g/mol. The van der Waals surface area contributed by atoms with Crippen molar-refractivity contribution in [1.29, 1.82) is 0 Å². The number of carboxylic acids is 1. The van der Waals surface area contributed by atoms with Gasteiger partial charge in [0.2, 0.25) is 0 Å². The predicted molar refractivity (Wildman–Crippen MR) is 103 cm³/mol. The summed E-state index contributed by atoms with van der Waals surface area (Å²) in [7, 11) is 1.32. The topological polar surface area (TPSA) is 105 Å². The molecule has 1 aliphatic carbocycles. The van der Waals surface area contributed by atoms with Crippen molar-refractivity contribution in [2.75, 3.05) is 17.7 Å². The Kier molecular flexibility index (Phi) is 5.75. The molecular formula is C19H20N2O5S. The SMILES string of the molecule is COC(=O)c1c(C2CC2)csc1NC(=O)Nc1cccc(CCC(=O)O)c1. The first-order valence-electron chi connectivity index (χ1n) is 8.56. The highest BCUT2D eigenvalue weighted by molar-refractivity contribution is 7.15. The van der Waals surface area contributed by atoms with Crippen LogP contribution in [0.5, 0.6) is 0 Å². The van der Waals surface area contributed by atoms with Gasteiger partial charge in [-0.3, -0.25) is 10.1 Å². The first-order valence-corrected chi connectivity index (χ1v) is 9.44. The highest BCUT2D eigenvalue weighted by atomic mass is 32.1. The van der Waals surface area contributed by atoms with Gasteiger partial charge in [0.15, 0.2) is 0 Å². The fourth-order valence-corrected chi connectivity index (χ4v) is 3.82. The predicted octanol–water partition coefficient (Wildman–Crippen LogP) is 4.07. The smallest absolute Gasteiger partial charge is 0.341 e. The highest BCUT2D eigenvalue weighted by Crippen LogP contribution is 2.46. The molecule has 0 atom stereocenters. The number of esters is 1. The molecule has 0 radical (unpaired) electrons. The van der Waals surface area contributed by atoms with E-state index >= 15 is 0 Å². The van der Waals surface area contributed by atoms with Gasteiger partial charge < -0.3 is 15.2 Å². The number of nitrogens with one attached hydrogen (secondary N) is 2. The van der Waals surface area contributed by atoms with E-state index in [4.69, 9.17) is 9.84 Å². The van der Waals surface area contributed by atoms with Gasteiger partial charge in [0.05, 0.1) is 12.7 Å². The number of carbonyl (C=O) groups excluding carboxylic acids is 2. The molecule has 1 aromatic carbocycles. The zero-order chi connectivity index (χ0) is 19.4. The number of ether oxygens (including phenoxy) is 1. The lowest BCUT2D eigenvalue weighted by Crippen LogP contribution is -2.20. The Morgan fingerprint density at radius 1 is 1.26 bits per heavy atom. The number of hydrogen-bond acceptors (Lipinski definition) is 5. The minimum absolute atomic E-state index is 0.0251. The first-order chi connectivity index (χ1) is 13.0. The summed E-state index contributed by atoms with van der Waals surface area (Å²) in [6.07, 6.45) is 2.48. The van der Waals surface area contributed by atoms with E-state index in [0.717, 1.165) is 24.0 Å². The zero-order valence-electron chi connectivity index (χ0n) is 14.8. The van der Waals surface area contributed by atoms with Gasteiger partial charge in [0.25, 0.3) is 0 Å². The molecular weight excluding hydrogens is 368 g/mol. The number of thiophene rings is 1. The van der Waals surface area contributed by atoms with Crippen molar-refractivity contribution in [1.82, 2.24) is 0 Å². The average Bonchev–Trinajstić information content (AvgIpc) is 3.40. The van der Waals surface area contributed by atoms with Crippen LogP contribution in [0.2, 0.25) is 0 Å². The van der Waals surface area contributed by atoms with Crippen LogP contribution in [-0.4, -0.2) is 30.2 Å². The third-order valence-corrected chi connectivity index (χ3v) is 5.18. The quantitative estimate of drug-likeness (QED) is 0.620. The molecule has 1 saturated carbocycles. The molecule has 0 spiro atoms. The number of amides is 2. The van der Waals surface area contributed by atoms with Crippen LogP contribution in [0.3, 0.4) is 0 Å². The van der Waals surface area contributed by atoms with Crippen molar-refractivity contribution in [2.24, 2.45) is 0 Å². The van der Waals surface area contributed by atoms with Gasteiger partial charge in [0.1, 0.15) is 5.00 Å². The van der Waals surface area contributed by atoms with Crippen molar-refractivity contribution < 1.29 is 24.2 Å². The summed E-state index contributed by atoms with van der Waals surface area (Å²) in [5, 5.41) is 16.6. The van der Waals surface area contributed by atoms with Gasteiger partial charge in [-0.25, -0.2) is 9.59 Å². The van der Waals surface area contributed by atoms with Crippen molar-refractivity contribution >= 4 is 40.0 Å². The maximum Gasteiger partial charge on any atom is 0.341 e. The standard InChI is InChI=1S/C19H20N2O5S/c1-26-18(24)16-14(12-6-7-12)10-27-17(16)21-19(25)20-13-4-2-3-11(9-13)5-8-15(22)23/h2-4,9-10,12H,5-8H2,1H3,(H,22,23)(H2,20,21,25). The van der Waals surface area contributed by atoms with E-state index in [1.807, 2.05) is 11.4 Å². The molecule has 3 N–H and O–H groups in total. The number of rotatable bonds is 7. The molecule has 1 aliphatic rings. The van der Waals surface area contributed by atoms with Crippen molar-refractivity contribution in [2.45, 2.75) is 31.6 Å². The molecule has 3 rings (SSSR count). The second-order valence-corrected chi connectivity index (χ2v) is 7.21. The summed E-state index contributed by atoms with van der Waals surface area (Å²) in [5.74, 6) is -0.963. The van der Waals surface area contributed by atoms with Gasteiger partial charge in [-0.15, -0.1) is 11.3 Å². The molecule has 8 heteroatoms. The molecule has 0 bridgehead atoms. The van der Waals surface area contributed by atoms with Gasteiger partial charge in [-0.2, -0.15) is 0 Å².